The summed E-state index contributed by atoms with van der Waals surface area (Å²) in [6.07, 6.45) is 2.13. The van der Waals surface area contributed by atoms with Crippen molar-refractivity contribution in [3.8, 4) is 11.5 Å². The minimum absolute atomic E-state index is 0. The minimum atomic E-state index is 0. The molecule has 0 aliphatic carbocycles. The molecule has 0 saturated heterocycles. The normalized spacial score (nSPS) is 12.1. The average Bonchev–Trinajstić information content (AvgIpc) is 2.51. The summed E-state index contributed by atoms with van der Waals surface area (Å²) in [6, 6.07) is 7.58. The number of nitrogens with zero attached hydrogens (tertiary/aromatic N) is 1. The van der Waals surface area contributed by atoms with Crippen LogP contribution in [0, 0.1) is 0 Å². The first kappa shape index (κ1) is 21.2. The van der Waals surface area contributed by atoms with Gasteiger partial charge in [-0.2, -0.15) is 11.8 Å². The minimum Gasteiger partial charge on any atom is -0.497 e. The van der Waals surface area contributed by atoms with E-state index in [9.17, 15) is 0 Å². The number of benzene rings is 1. The fraction of sp³-hybridized carbons (Fsp3) is 0.533. The summed E-state index contributed by atoms with van der Waals surface area (Å²) >= 11 is 1.80. The number of halogens is 1. The highest BCUT2D eigenvalue weighted by atomic mass is 127. The summed E-state index contributed by atoms with van der Waals surface area (Å²) in [7, 11) is 3.42. The maximum Gasteiger partial charge on any atom is 0.191 e. The van der Waals surface area contributed by atoms with Crippen LogP contribution in [0.25, 0.3) is 0 Å². The van der Waals surface area contributed by atoms with Crippen molar-refractivity contribution in [3.05, 3.63) is 24.3 Å². The Morgan fingerprint density at radius 1 is 1.23 bits per heavy atom. The van der Waals surface area contributed by atoms with Gasteiger partial charge in [-0.05, 0) is 37.4 Å². The van der Waals surface area contributed by atoms with Gasteiger partial charge in [-0.1, -0.05) is 0 Å². The van der Waals surface area contributed by atoms with Crippen LogP contribution in [0.2, 0.25) is 0 Å². The Labute approximate surface area is 154 Å². The Morgan fingerprint density at radius 3 is 2.41 bits per heavy atom. The van der Waals surface area contributed by atoms with Crippen LogP contribution >= 0.6 is 35.7 Å². The topological polar surface area (TPSA) is 54.9 Å². The molecule has 0 saturated carbocycles. The number of thioether (sulfide) groups is 1. The van der Waals surface area contributed by atoms with Crippen molar-refractivity contribution >= 4 is 41.7 Å². The van der Waals surface area contributed by atoms with E-state index >= 15 is 0 Å². The summed E-state index contributed by atoms with van der Waals surface area (Å²) in [6.45, 7) is 3.60. The van der Waals surface area contributed by atoms with Gasteiger partial charge >= 0.3 is 0 Å². The van der Waals surface area contributed by atoms with Gasteiger partial charge in [0, 0.05) is 19.3 Å². The number of hydrogen-bond acceptors (Lipinski definition) is 4. The molecule has 0 amide bonds. The van der Waals surface area contributed by atoms with Crippen LogP contribution < -0.4 is 20.1 Å². The molecule has 1 unspecified atom stereocenters. The molecule has 2 N–H and O–H groups in total. The Morgan fingerprint density at radius 2 is 1.86 bits per heavy atom. The second kappa shape index (κ2) is 12.7. The SMILES string of the molecule is CN=C(NCCSC)NCC(C)Oc1ccc(OC)cc1.I. The predicted octanol–water partition coefficient (Wildman–Crippen LogP) is 2.61. The molecule has 0 radical (unpaired) electrons. The zero-order valence-electron chi connectivity index (χ0n) is 13.6. The molecule has 7 heteroatoms. The molecule has 1 rings (SSSR count). The lowest BCUT2D eigenvalue weighted by atomic mass is 10.3. The van der Waals surface area contributed by atoms with Crippen molar-refractivity contribution in [2.45, 2.75) is 13.0 Å². The number of aliphatic imine (C=N–C) groups is 1. The van der Waals surface area contributed by atoms with Crippen LogP contribution in [0.5, 0.6) is 11.5 Å². The first-order valence-corrected chi connectivity index (χ1v) is 8.33. The van der Waals surface area contributed by atoms with E-state index in [1.807, 2.05) is 31.2 Å². The smallest absolute Gasteiger partial charge is 0.191 e. The highest BCUT2D eigenvalue weighted by Gasteiger charge is 2.05. The zero-order valence-corrected chi connectivity index (χ0v) is 16.7. The molecule has 1 aromatic rings. The van der Waals surface area contributed by atoms with Crippen LogP contribution in [0.1, 0.15) is 6.92 Å². The molecule has 0 aliphatic heterocycles. The molecular weight excluding hydrogens is 413 g/mol. The number of nitrogens with one attached hydrogen (secondary N) is 2. The lowest BCUT2D eigenvalue weighted by Gasteiger charge is -2.17. The third kappa shape index (κ3) is 8.57. The molecule has 22 heavy (non-hydrogen) atoms. The number of hydrogen-bond donors (Lipinski definition) is 2. The van der Waals surface area contributed by atoms with Crippen LogP contribution in [0.4, 0.5) is 0 Å². The molecule has 0 aromatic heterocycles. The number of methoxy groups -OCH3 is 1. The monoisotopic (exact) mass is 439 g/mol. The average molecular weight is 439 g/mol. The summed E-state index contributed by atoms with van der Waals surface area (Å²) in [5.74, 6) is 3.51. The Hall–Kier alpha value is -0.830. The van der Waals surface area contributed by atoms with Crippen molar-refractivity contribution in [1.29, 1.82) is 0 Å². The quantitative estimate of drug-likeness (QED) is 0.282. The van der Waals surface area contributed by atoms with Gasteiger partial charge in [0.1, 0.15) is 17.6 Å². The Kier molecular flexibility index (Phi) is 12.2. The third-order valence-electron chi connectivity index (χ3n) is 2.78. The van der Waals surface area contributed by atoms with Gasteiger partial charge in [-0.25, -0.2) is 0 Å². The molecular formula is C15H26IN3O2S. The van der Waals surface area contributed by atoms with Crippen molar-refractivity contribution in [3.63, 3.8) is 0 Å². The van der Waals surface area contributed by atoms with E-state index < -0.39 is 0 Å². The zero-order chi connectivity index (χ0) is 15.5. The van der Waals surface area contributed by atoms with Crippen molar-refractivity contribution in [2.24, 2.45) is 4.99 Å². The summed E-state index contributed by atoms with van der Waals surface area (Å²) in [5, 5.41) is 6.50. The highest BCUT2D eigenvalue weighted by molar-refractivity contribution is 14.0. The molecule has 126 valence electrons. The molecule has 1 aromatic carbocycles. The standard InChI is InChI=1S/C15H25N3O2S.HI/c1-12(11-18-15(16-2)17-9-10-21-4)20-14-7-5-13(19-3)6-8-14;/h5-8,12H,9-11H2,1-4H3,(H2,16,17,18);1H. The lowest BCUT2D eigenvalue weighted by Crippen LogP contribution is -2.42. The maximum absolute atomic E-state index is 5.83. The van der Waals surface area contributed by atoms with Gasteiger partial charge in [0.05, 0.1) is 13.7 Å². The summed E-state index contributed by atoms with van der Waals surface area (Å²) in [4.78, 5) is 4.17. The second-order valence-corrected chi connectivity index (χ2v) is 5.46. The van der Waals surface area contributed by atoms with E-state index in [0.717, 1.165) is 29.8 Å². The predicted molar refractivity (Wildman–Crippen MR) is 106 cm³/mol. The van der Waals surface area contributed by atoms with E-state index in [1.165, 1.54) is 0 Å². The fourth-order valence-electron chi connectivity index (χ4n) is 1.66. The van der Waals surface area contributed by atoms with E-state index in [4.69, 9.17) is 9.47 Å². The van der Waals surface area contributed by atoms with Crippen LogP contribution in [0.3, 0.4) is 0 Å². The lowest BCUT2D eigenvalue weighted by molar-refractivity contribution is 0.223. The van der Waals surface area contributed by atoms with Gasteiger partial charge in [-0.15, -0.1) is 24.0 Å². The van der Waals surface area contributed by atoms with E-state index in [0.29, 0.717) is 6.54 Å². The Balaban J connectivity index is 0.00000441. The largest absolute Gasteiger partial charge is 0.497 e. The van der Waals surface area contributed by atoms with Gasteiger partial charge in [-0.3, -0.25) is 4.99 Å². The number of ether oxygens (including phenoxy) is 2. The Bertz CT molecular complexity index is 429. The summed E-state index contributed by atoms with van der Waals surface area (Å²) in [5.41, 5.74) is 0. The van der Waals surface area contributed by atoms with E-state index in [2.05, 4.69) is 21.9 Å². The molecule has 0 fully saturated rings. The van der Waals surface area contributed by atoms with E-state index in [-0.39, 0.29) is 30.1 Å². The van der Waals surface area contributed by atoms with Gasteiger partial charge in [0.2, 0.25) is 0 Å². The van der Waals surface area contributed by atoms with Crippen LogP contribution in [-0.2, 0) is 0 Å². The fourth-order valence-corrected chi connectivity index (χ4v) is 1.97. The molecule has 5 nitrogen and oxygen atoms in total. The molecule has 0 spiro atoms. The van der Waals surface area contributed by atoms with Crippen molar-refractivity contribution in [2.75, 3.05) is 39.3 Å². The van der Waals surface area contributed by atoms with E-state index in [1.54, 1.807) is 25.9 Å². The molecule has 1 atom stereocenters. The molecule has 0 bridgehead atoms. The van der Waals surface area contributed by atoms with Gasteiger partial charge in [0.25, 0.3) is 0 Å². The van der Waals surface area contributed by atoms with Crippen LogP contribution in [-0.4, -0.2) is 51.3 Å². The van der Waals surface area contributed by atoms with Gasteiger partial charge in [0.15, 0.2) is 5.96 Å². The number of rotatable bonds is 8. The second-order valence-electron chi connectivity index (χ2n) is 4.48. The van der Waals surface area contributed by atoms with Crippen molar-refractivity contribution < 1.29 is 9.47 Å². The first-order chi connectivity index (χ1) is 10.2. The summed E-state index contributed by atoms with van der Waals surface area (Å²) < 4.78 is 11.0. The molecule has 0 aliphatic rings. The van der Waals surface area contributed by atoms with Gasteiger partial charge < -0.3 is 20.1 Å². The highest BCUT2D eigenvalue weighted by Crippen LogP contribution is 2.17. The third-order valence-corrected chi connectivity index (χ3v) is 3.39. The maximum atomic E-state index is 5.83. The number of guanidine groups is 1. The molecule has 0 heterocycles. The first-order valence-electron chi connectivity index (χ1n) is 6.93. The van der Waals surface area contributed by atoms with Crippen molar-refractivity contribution in [1.82, 2.24) is 10.6 Å². The van der Waals surface area contributed by atoms with Crippen LogP contribution in [0.15, 0.2) is 29.3 Å².